The fourth-order valence-electron chi connectivity index (χ4n) is 6.21. The summed E-state index contributed by atoms with van der Waals surface area (Å²) in [5.74, 6) is -0.625. The molecule has 1 saturated carbocycles. The van der Waals surface area contributed by atoms with E-state index in [2.05, 4.69) is 5.32 Å². The maximum Gasteiger partial charge on any atom is 0.410 e. The van der Waals surface area contributed by atoms with E-state index in [9.17, 15) is 23.5 Å². The largest absolute Gasteiger partial charge is 0.481 e. The second-order valence-electron chi connectivity index (χ2n) is 14.5. The number of hydrogen-bond acceptors (Lipinski definition) is 7. The maximum absolute atomic E-state index is 14.3. The third-order valence-corrected chi connectivity index (χ3v) is 8.46. The minimum Gasteiger partial charge on any atom is -0.481 e. The van der Waals surface area contributed by atoms with Crippen LogP contribution in [0.25, 0.3) is 17.0 Å². The maximum atomic E-state index is 14.3. The molecule has 9 nitrogen and oxygen atoms in total. The summed E-state index contributed by atoms with van der Waals surface area (Å²) in [6.07, 6.45) is 5.21. The van der Waals surface area contributed by atoms with Gasteiger partial charge in [0.25, 0.3) is 0 Å². The topological polar surface area (TPSA) is 110 Å². The quantitative estimate of drug-likeness (QED) is 0.223. The van der Waals surface area contributed by atoms with Crippen molar-refractivity contribution in [2.75, 3.05) is 13.7 Å². The van der Waals surface area contributed by atoms with Gasteiger partial charge in [-0.15, -0.1) is 0 Å². The number of fused-ring (bicyclic) bond motifs is 1. The average molecular weight is 682 g/mol. The molecule has 11 heteroatoms. The Morgan fingerprint density at radius 3 is 2.29 bits per heavy atom. The van der Waals surface area contributed by atoms with E-state index < -0.39 is 35.0 Å². The number of hydrogen-bond donors (Lipinski definition) is 2. The highest BCUT2D eigenvalue weighted by atomic mass is 19.1. The molecule has 1 aromatic heterocycles. The Kier molecular flexibility index (Phi) is 12.2. The van der Waals surface area contributed by atoms with Crippen molar-refractivity contribution >= 4 is 29.2 Å². The summed E-state index contributed by atoms with van der Waals surface area (Å²) in [4.78, 5) is 32.9. The SMILES string of the molecule is COc1ccc2c(CO)ccc(CC(NC(=O)OC(C)(C)C)C3CCC(N(CC=Cc4cc(F)ccc4F)C(=O)OC(C)(C)C)CC3)c2n1. The van der Waals surface area contributed by atoms with Crippen LogP contribution in [0.5, 0.6) is 5.88 Å². The molecular weight excluding hydrogens is 632 g/mol. The zero-order valence-electron chi connectivity index (χ0n) is 29.5. The number of halogens is 2. The molecular formula is C38H49F2N3O6. The fraction of sp³-hybridized carbons (Fsp3) is 0.500. The number of carbonyl (C=O) groups excluding carboxylic acids is 2. The highest BCUT2D eigenvalue weighted by Gasteiger charge is 2.35. The molecule has 266 valence electrons. The van der Waals surface area contributed by atoms with E-state index >= 15 is 0 Å². The number of amides is 2. The van der Waals surface area contributed by atoms with Gasteiger partial charge in [-0.2, -0.15) is 0 Å². The van der Waals surface area contributed by atoms with Gasteiger partial charge in [-0.3, -0.25) is 0 Å². The lowest BCUT2D eigenvalue weighted by molar-refractivity contribution is 0.0125. The molecule has 0 saturated heterocycles. The average Bonchev–Trinajstić information content (AvgIpc) is 3.02. The van der Waals surface area contributed by atoms with Crippen LogP contribution in [-0.4, -0.2) is 64.1 Å². The third-order valence-electron chi connectivity index (χ3n) is 8.46. The van der Waals surface area contributed by atoms with E-state index in [1.54, 1.807) is 44.9 Å². The smallest absolute Gasteiger partial charge is 0.410 e. The van der Waals surface area contributed by atoms with E-state index in [1.807, 2.05) is 39.0 Å². The van der Waals surface area contributed by atoms with Gasteiger partial charge in [0.1, 0.15) is 22.8 Å². The van der Waals surface area contributed by atoms with E-state index in [-0.39, 0.29) is 36.7 Å². The normalized spacial score (nSPS) is 17.5. The minimum atomic E-state index is -0.724. The van der Waals surface area contributed by atoms with Gasteiger partial charge >= 0.3 is 12.2 Å². The van der Waals surface area contributed by atoms with Gasteiger partial charge in [0.15, 0.2) is 0 Å². The molecule has 0 spiro atoms. The Morgan fingerprint density at radius 2 is 1.65 bits per heavy atom. The van der Waals surface area contributed by atoms with Gasteiger partial charge in [-0.1, -0.05) is 24.3 Å². The lowest BCUT2D eigenvalue weighted by atomic mass is 9.79. The van der Waals surface area contributed by atoms with Crippen molar-refractivity contribution in [3.8, 4) is 5.88 Å². The number of aliphatic hydroxyl groups excluding tert-OH is 1. The second kappa shape index (κ2) is 16.0. The summed E-state index contributed by atoms with van der Waals surface area (Å²) in [7, 11) is 1.55. The van der Waals surface area contributed by atoms with Crippen LogP contribution in [0.3, 0.4) is 0 Å². The first-order chi connectivity index (χ1) is 23.1. The predicted molar refractivity (Wildman–Crippen MR) is 185 cm³/mol. The van der Waals surface area contributed by atoms with Crippen molar-refractivity contribution in [2.24, 2.45) is 5.92 Å². The molecule has 4 rings (SSSR count). The summed E-state index contributed by atoms with van der Waals surface area (Å²) in [5.41, 5.74) is 0.996. The molecule has 1 heterocycles. The first kappa shape index (κ1) is 37.6. The molecule has 1 aliphatic rings. The molecule has 2 amide bonds. The number of methoxy groups -OCH3 is 1. The van der Waals surface area contributed by atoms with Gasteiger partial charge < -0.3 is 29.5 Å². The Hall–Kier alpha value is -4.25. The fourth-order valence-corrected chi connectivity index (χ4v) is 6.21. The Balaban J connectivity index is 1.58. The van der Waals surface area contributed by atoms with Crippen molar-refractivity contribution < 1.29 is 37.7 Å². The van der Waals surface area contributed by atoms with E-state index in [4.69, 9.17) is 19.2 Å². The predicted octanol–water partition coefficient (Wildman–Crippen LogP) is 7.96. The first-order valence-electron chi connectivity index (χ1n) is 16.7. The molecule has 2 N–H and O–H groups in total. The second-order valence-corrected chi connectivity index (χ2v) is 14.5. The molecule has 1 unspecified atom stereocenters. The Labute approximate surface area is 287 Å². The standard InChI is InChI=1S/C38H49F2N3O6/c1-37(2,3)48-35(45)41-32(22-26-10-11-27(23-44)30-17-19-33(47-7)42-34(26)30)24-12-15-29(16-13-24)43(36(46)49-38(4,5)6)20-8-9-25-21-28(39)14-18-31(25)40/h8-11,14,17-19,21,24,29,32,44H,12-13,15-16,20,22-23H2,1-7H3,(H,41,45). The number of nitrogens with one attached hydrogen (secondary N) is 1. The number of pyridine rings is 1. The van der Waals surface area contributed by atoms with Gasteiger partial charge in [0, 0.05) is 35.6 Å². The molecule has 1 fully saturated rings. The van der Waals surface area contributed by atoms with Gasteiger partial charge in [0.2, 0.25) is 5.88 Å². The lowest BCUT2D eigenvalue weighted by Crippen LogP contribution is -2.49. The Morgan fingerprint density at radius 1 is 0.980 bits per heavy atom. The van der Waals surface area contributed by atoms with Crippen LogP contribution >= 0.6 is 0 Å². The lowest BCUT2D eigenvalue weighted by Gasteiger charge is -2.39. The van der Waals surface area contributed by atoms with Crippen molar-refractivity contribution in [1.29, 1.82) is 0 Å². The zero-order valence-corrected chi connectivity index (χ0v) is 29.5. The van der Waals surface area contributed by atoms with Crippen LogP contribution in [-0.2, 0) is 22.5 Å². The number of rotatable bonds is 10. The van der Waals surface area contributed by atoms with Gasteiger partial charge in [0.05, 0.1) is 19.2 Å². The number of carbonyl (C=O) groups is 2. The number of alkyl carbamates (subject to hydrolysis) is 1. The molecule has 3 aromatic rings. The number of ether oxygens (including phenoxy) is 3. The van der Waals surface area contributed by atoms with Crippen molar-refractivity contribution in [2.45, 2.75) is 104 Å². The van der Waals surface area contributed by atoms with Crippen LogP contribution in [0.2, 0.25) is 0 Å². The minimum absolute atomic E-state index is 0.0411. The first-order valence-corrected chi connectivity index (χ1v) is 16.7. The number of nitrogens with zero attached hydrogens (tertiary/aromatic N) is 2. The third kappa shape index (κ3) is 10.6. The highest BCUT2D eigenvalue weighted by molar-refractivity contribution is 5.86. The number of benzene rings is 2. The summed E-state index contributed by atoms with van der Waals surface area (Å²) in [6, 6.07) is 10.2. The molecule has 2 aromatic carbocycles. The van der Waals surface area contributed by atoms with Gasteiger partial charge in [-0.25, -0.2) is 23.4 Å². The van der Waals surface area contributed by atoms with Crippen molar-refractivity contribution in [3.05, 3.63) is 76.9 Å². The van der Waals surface area contributed by atoms with Crippen LogP contribution in [0.1, 0.15) is 83.9 Å². The molecule has 49 heavy (non-hydrogen) atoms. The molecule has 0 radical (unpaired) electrons. The summed E-state index contributed by atoms with van der Waals surface area (Å²) in [5, 5.41) is 13.9. The molecule has 0 aliphatic heterocycles. The highest BCUT2D eigenvalue weighted by Crippen LogP contribution is 2.34. The van der Waals surface area contributed by atoms with Gasteiger partial charge in [-0.05, 0) is 115 Å². The van der Waals surface area contributed by atoms with E-state index in [1.165, 1.54) is 6.08 Å². The molecule has 1 atom stereocenters. The van der Waals surface area contributed by atoms with E-state index in [0.29, 0.717) is 43.5 Å². The van der Waals surface area contributed by atoms with Crippen LogP contribution in [0.15, 0.2) is 48.5 Å². The zero-order chi connectivity index (χ0) is 35.9. The summed E-state index contributed by atoms with van der Waals surface area (Å²) >= 11 is 0. The molecule has 1 aliphatic carbocycles. The van der Waals surface area contributed by atoms with Crippen LogP contribution in [0, 0.1) is 17.6 Å². The summed E-state index contributed by atoms with van der Waals surface area (Å²) < 4.78 is 44.8. The van der Waals surface area contributed by atoms with Crippen LogP contribution < -0.4 is 10.1 Å². The monoisotopic (exact) mass is 681 g/mol. The van der Waals surface area contributed by atoms with Crippen molar-refractivity contribution in [3.63, 3.8) is 0 Å². The Bertz CT molecular complexity index is 1640. The molecule has 0 bridgehead atoms. The van der Waals surface area contributed by atoms with Crippen molar-refractivity contribution in [1.82, 2.24) is 15.2 Å². The number of aromatic nitrogens is 1. The summed E-state index contributed by atoms with van der Waals surface area (Å²) in [6.45, 7) is 10.8. The van der Waals surface area contributed by atoms with E-state index in [0.717, 1.165) is 34.7 Å². The van der Waals surface area contributed by atoms with Crippen LogP contribution in [0.4, 0.5) is 18.4 Å². The number of aliphatic hydroxyl groups is 1.